The summed E-state index contributed by atoms with van der Waals surface area (Å²) in [6, 6.07) is 15.5. The molecule has 0 heterocycles. The van der Waals surface area contributed by atoms with Gasteiger partial charge in [0.05, 0.1) is 19.1 Å². The Kier molecular flexibility index (Phi) is 7.28. The van der Waals surface area contributed by atoms with E-state index >= 15 is 0 Å². The number of anilines is 2. The Bertz CT molecular complexity index is 887. The normalized spacial score (nSPS) is 12.1. The van der Waals surface area contributed by atoms with Crippen LogP contribution in [0.15, 0.2) is 54.6 Å². The number of amides is 1. The van der Waals surface area contributed by atoms with Crippen molar-refractivity contribution < 1.29 is 17.9 Å². The predicted octanol–water partition coefficient (Wildman–Crippen LogP) is 2.10. The molecular formula is C20H27N3O4S. The lowest BCUT2D eigenvalue weighted by atomic mass is 10.2. The average molecular weight is 406 g/mol. The lowest BCUT2D eigenvalue weighted by Crippen LogP contribution is -2.49. The maximum atomic E-state index is 12.6. The van der Waals surface area contributed by atoms with Crippen molar-refractivity contribution in [2.24, 2.45) is 0 Å². The van der Waals surface area contributed by atoms with Gasteiger partial charge in [-0.15, -0.1) is 0 Å². The number of benzene rings is 2. The molecule has 2 aromatic rings. The number of nitrogens with zero attached hydrogens (tertiary/aromatic N) is 2. The quantitative estimate of drug-likeness (QED) is 0.691. The van der Waals surface area contributed by atoms with E-state index in [1.807, 2.05) is 42.3 Å². The van der Waals surface area contributed by atoms with Crippen molar-refractivity contribution in [2.45, 2.75) is 13.0 Å². The van der Waals surface area contributed by atoms with E-state index in [1.165, 1.54) is 7.11 Å². The van der Waals surface area contributed by atoms with Crippen LogP contribution in [0.4, 0.5) is 11.4 Å². The van der Waals surface area contributed by atoms with Gasteiger partial charge in [-0.25, -0.2) is 8.42 Å². The molecule has 0 radical (unpaired) electrons. The summed E-state index contributed by atoms with van der Waals surface area (Å²) in [4.78, 5) is 14.6. The topological polar surface area (TPSA) is 79.0 Å². The van der Waals surface area contributed by atoms with Crippen molar-refractivity contribution in [1.29, 1.82) is 0 Å². The van der Waals surface area contributed by atoms with E-state index in [9.17, 15) is 13.2 Å². The van der Waals surface area contributed by atoms with E-state index in [2.05, 4.69) is 5.32 Å². The molecule has 0 aromatic heterocycles. The van der Waals surface area contributed by atoms with Gasteiger partial charge in [0.1, 0.15) is 11.8 Å². The first-order valence-electron chi connectivity index (χ1n) is 8.91. The third-order valence-corrected chi connectivity index (χ3v) is 5.58. The molecule has 152 valence electrons. The Morgan fingerprint density at radius 3 is 2.36 bits per heavy atom. The Labute approximate surface area is 167 Å². The highest BCUT2D eigenvalue weighted by molar-refractivity contribution is 7.92. The minimum Gasteiger partial charge on any atom is -0.497 e. The number of methoxy groups -OCH3 is 1. The molecule has 0 aliphatic rings. The van der Waals surface area contributed by atoms with Crippen LogP contribution in [0, 0.1) is 0 Å². The van der Waals surface area contributed by atoms with Crippen LogP contribution < -0.4 is 19.3 Å². The number of nitrogens with one attached hydrogen (secondary N) is 1. The lowest BCUT2D eigenvalue weighted by Gasteiger charge is -2.28. The smallest absolute Gasteiger partial charge is 0.243 e. The van der Waals surface area contributed by atoms with Crippen molar-refractivity contribution >= 4 is 27.3 Å². The highest BCUT2D eigenvalue weighted by Gasteiger charge is 2.29. The van der Waals surface area contributed by atoms with Gasteiger partial charge in [-0.1, -0.05) is 24.3 Å². The second-order valence-corrected chi connectivity index (χ2v) is 8.34. The molecule has 1 amide bonds. The van der Waals surface area contributed by atoms with Crippen LogP contribution in [0.2, 0.25) is 0 Å². The summed E-state index contributed by atoms with van der Waals surface area (Å²) in [6.45, 7) is 2.56. The molecule has 1 atom stereocenters. The van der Waals surface area contributed by atoms with E-state index in [4.69, 9.17) is 4.74 Å². The average Bonchev–Trinajstić information content (AvgIpc) is 2.67. The summed E-state index contributed by atoms with van der Waals surface area (Å²) in [6.07, 6.45) is 1.08. The van der Waals surface area contributed by atoms with Crippen LogP contribution in [-0.2, 0) is 14.8 Å². The summed E-state index contributed by atoms with van der Waals surface area (Å²) in [7, 11) is -0.227. The molecule has 0 bridgehead atoms. The molecule has 1 N–H and O–H groups in total. The van der Waals surface area contributed by atoms with Crippen LogP contribution in [0.25, 0.3) is 0 Å². The number of rotatable bonds is 9. The van der Waals surface area contributed by atoms with Gasteiger partial charge in [-0.3, -0.25) is 9.10 Å². The zero-order valence-corrected chi connectivity index (χ0v) is 17.4. The Morgan fingerprint density at radius 1 is 1.11 bits per heavy atom. The number of carbonyl (C=O) groups is 1. The first-order chi connectivity index (χ1) is 13.2. The fourth-order valence-corrected chi connectivity index (χ4v) is 4.03. The number of ether oxygens (including phenoxy) is 1. The third-order valence-electron chi connectivity index (χ3n) is 4.34. The second kappa shape index (κ2) is 9.45. The van der Waals surface area contributed by atoms with Gasteiger partial charge in [0, 0.05) is 31.9 Å². The number of likely N-dealkylation sites (N-methyl/N-ethyl adjacent to an activating group) is 1. The molecule has 0 spiro atoms. The molecule has 28 heavy (non-hydrogen) atoms. The fraction of sp³-hybridized carbons (Fsp3) is 0.350. The molecule has 7 nitrogen and oxygen atoms in total. The highest BCUT2D eigenvalue weighted by Crippen LogP contribution is 2.25. The number of hydrogen-bond donors (Lipinski definition) is 1. The van der Waals surface area contributed by atoms with Crippen LogP contribution in [-0.4, -0.2) is 53.9 Å². The van der Waals surface area contributed by atoms with Crippen molar-refractivity contribution in [2.75, 3.05) is 42.7 Å². The molecule has 0 saturated carbocycles. The highest BCUT2D eigenvalue weighted by atomic mass is 32.2. The molecule has 0 unspecified atom stereocenters. The summed E-state index contributed by atoms with van der Waals surface area (Å²) < 4.78 is 30.9. The number of para-hydroxylation sites is 1. The molecule has 2 aromatic carbocycles. The molecular weight excluding hydrogens is 378 g/mol. The van der Waals surface area contributed by atoms with Crippen molar-refractivity contribution in [3.63, 3.8) is 0 Å². The van der Waals surface area contributed by atoms with Gasteiger partial charge in [-0.05, 0) is 31.2 Å². The van der Waals surface area contributed by atoms with Crippen molar-refractivity contribution in [1.82, 2.24) is 5.32 Å². The maximum Gasteiger partial charge on any atom is 0.243 e. The van der Waals surface area contributed by atoms with Crippen LogP contribution in [0.1, 0.15) is 6.92 Å². The molecule has 8 heteroatoms. The van der Waals surface area contributed by atoms with Crippen LogP contribution >= 0.6 is 0 Å². The largest absolute Gasteiger partial charge is 0.497 e. The van der Waals surface area contributed by atoms with E-state index < -0.39 is 16.1 Å². The number of sulfonamides is 1. The van der Waals surface area contributed by atoms with Gasteiger partial charge in [0.25, 0.3) is 0 Å². The minimum atomic E-state index is -3.67. The summed E-state index contributed by atoms with van der Waals surface area (Å²) >= 11 is 0. The Morgan fingerprint density at radius 2 is 1.75 bits per heavy atom. The van der Waals surface area contributed by atoms with Crippen molar-refractivity contribution in [3.05, 3.63) is 54.6 Å². The van der Waals surface area contributed by atoms with E-state index in [1.54, 1.807) is 31.2 Å². The Hall–Kier alpha value is -2.74. The molecule has 0 fully saturated rings. The van der Waals surface area contributed by atoms with Crippen LogP contribution in [0.5, 0.6) is 5.75 Å². The van der Waals surface area contributed by atoms with E-state index in [0.717, 1.165) is 16.2 Å². The maximum absolute atomic E-state index is 12.6. The number of hydrogen-bond acceptors (Lipinski definition) is 5. The summed E-state index contributed by atoms with van der Waals surface area (Å²) in [5, 5.41) is 2.82. The van der Waals surface area contributed by atoms with E-state index in [0.29, 0.717) is 24.5 Å². The second-order valence-electron chi connectivity index (χ2n) is 6.48. The standard InChI is InChI=1S/C20H27N3O4S/c1-16(20(24)21-13-14-22(2)17-9-6-5-7-10-17)23(28(4,25)26)18-11-8-12-19(15-18)27-3/h5-12,15-16H,13-14H2,1-4H3,(H,21,24)/t16-/m1/s1. The first-order valence-corrected chi connectivity index (χ1v) is 10.8. The molecule has 2 rings (SSSR count). The lowest BCUT2D eigenvalue weighted by molar-refractivity contribution is -0.121. The fourth-order valence-electron chi connectivity index (χ4n) is 2.86. The van der Waals surface area contributed by atoms with E-state index in [-0.39, 0.29) is 5.91 Å². The van der Waals surface area contributed by atoms with Gasteiger partial charge < -0.3 is 15.0 Å². The minimum absolute atomic E-state index is 0.366. The zero-order valence-electron chi connectivity index (χ0n) is 16.6. The predicted molar refractivity (Wildman–Crippen MR) is 113 cm³/mol. The van der Waals surface area contributed by atoms with Crippen molar-refractivity contribution in [3.8, 4) is 5.75 Å². The number of carbonyl (C=O) groups excluding carboxylic acids is 1. The Balaban J connectivity index is 2.05. The monoisotopic (exact) mass is 405 g/mol. The van der Waals surface area contributed by atoms with Crippen LogP contribution in [0.3, 0.4) is 0 Å². The zero-order chi connectivity index (χ0) is 20.7. The molecule has 0 aliphatic carbocycles. The van der Waals surface area contributed by atoms with Gasteiger partial charge in [0.15, 0.2) is 0 Å². The van der Waals surface area contributed by atoms with Gasteiger partial charge >= 0.3 is 0 Å². The SMILES string of the molecule is COc1cccc(N([C@H](C)C(=O)NCCN(C)c2ccccc2)S(C)(=O)=O)c1. The van der Waals surface area contributed by atoms with Gasteiger partial charge in [-0.2, -0.15) is 0 Å². The summed E-state index contributed by atoms with van der Waals surface area (Å²) in [5.41, 5.74) is 1.42. The first kappa shape index (κ1) is 21.6. The molecule has 0 aliphatic heterocycles. The van der Waals surface area contributed by atoms with Gasteiger partial charge in [0.2, 0.25) is 15.9 Å². The molecule has 0 saturated heterocycles. The summed E-state index contributed by atoms with van der Waals surface area (Å²) in [5.74, 6) is 0.151. The third kappa shape index (κ3) is 5.63.